The zero-order valence-corrected chi connectivity index (χ0v) is 14.1. The van der Waals surface area contributed by atoms with Crippen LogP contribution in [0, 0.1) is 0 Å². The first kappa shape index (κ1) is 16.3. The van der Waals surface area contributed by atoms with Crippen LogP contribution in [0.3, 0.4) is 0 Å². The highest BCUT2D eigenvalue weighted by molar-refractivity contribution is 6.33. The Morgan fingerprint density at radius 1 is 1.29 bits per heavy atom. The Labute approximate surface area is 145 Å². The Morgan fingerprint density at radius 3 is 2.75 bits per heavy atom. The molecule has 1 atom stereocenters. The number of fused-ring (bicyclic) bond motifs is 1. The van der Waals surface area contributed by atoms with Crippen molar-refractivity contribution >= 4 is 28.5 Å². The molecule has 0 aliphatic carbocycles. The molecule has 1 heterocycles. The van der Waals surface area contributed by atoms with Crippen LogP contribution in [0.5, 0.6) is 0 Å². The molecule has 1 unspecified atom stereocenters. The van der Waals surface area contributed by atoms with Gasteiger partial charge in [-0.2, -0.15) is 0 Å². The molecule has 0 bridgehead atoms. The van der Waals surface area contributed by atoms with E-state index in [1.165, 1.54) is 0 Å². The van der Waals surface area contributed by atoms with Crippen molar-refractivity contribution in [1.82, 2.24) is 14.9 Å². The lowest BCUT2D eigenvalue weighted by atomic mass is 10.2. The van der Waals surface area contributed by atoms with Gasteiger partial charge in [0.05, 0.1) is 27.7 Å². The van der Waals surface area contributed by atoms with E-state index < -0.39 is 0 Å². The van der Waals surface area contributed by atoms with Crippen molar-refractivity contribution in [2.24, 2.45) is 0 Å². The molecule has 0 aliphatic rings. The fraction of sp³-hybridized carbons (Fsp3) is 0.158. The van der Waals surface area contributed by atoms with Crippen LogP contribution in [0.25, 0.3) is 11.0 Å². The summed E-state index contributed by atoms with van der Waals surface area (Å²) in [5, 5.41) is 3.40. The Kier molecular flexibility index (Phi) is 4.67. The van der Waals surface area contributed by atoms with Crippen LogP contribution in [0.4, 0.5) is 0 Å². The molecule has 0 aliphatic heterocycles. The first-order chi connectivity index (χ1) is 11.6. The highest BCUT2D eigenvalue weighted by Gasteiger charge is 2.19. The van der Waals surface area contributed by atoms with Gasteiger partial charge in [0, 0.05) is 6.54 Å². The molecule has 2 aromatic carbocycles. The van der Waals surface area contributed by atoms with E-state index in [1.807, 2.05) is 37.3 Å². The average molecular weight is 340 g/mol. The van der Waals surface area contributed by atoms with Gasteiger partial charge < -0.3 is 9.88 Å². The minimum Gasteiger partial charge on any atom is -0.342 e. The average Bonchev–Trinajstić information content (AvgIpc) is 2.94. The molecule has 3 aromatic rings. The Bertz CT molecular complexity index is 901. The molecular formula is C19H18ClN3O. The predicted octanol–water partition coefficient (Wildman–Crippen LogP) is 4.37. The molecule has 5 heteroatoms. The number of halogens is 1. The van der Waals surface area contributed by atoms with E-state index in [1.54, 1.807) is 24.3 Å². The molecule has 3 rings (SSSR count). The molecule has 24 heavy (non-hydrogen) atoms. The van der Waals surface area contributed by atoms with Gasteiger partial charge in [-0.15, -0.1) is 6.58 Å². The van der Waals surface area contributed by atoms with E-state index in [4.69, 9.17) is 11.6 Å². The van der Waals surface area contributed by atoms with Gasteiger partial charge in [-0.25, -0.2) is 4.98 Å². The minimum absolute atomic E-state index is 0.217. The van der Waals surface area contributed by atoms with Gasteiger partial charge in [-0.05, 0) is 31.2 Å². The second-order valence-corrected chi connectivity index (χ2v) is 5.94. The van der Waals surface area contributed by atoms with Crippen molar-refractivity contribution in [3.05, 3.63) is 77.6 Å². The third-order valence-electron chi connectivity index (χ3n) is 3.85. The monoisotopic (exact) mass is 339 g/mol. The third kappa shape index (κ3) is 3.05. The zero-order chi connectivity index (χ0) is 17.1. The Balaban J connectivity index is 1.92. The van der Waals surface area contributed by atoms with E-state index in [0.29, 0.717) is 17.1 Å². The second kappa shape index (κ2) is 6.89. The number of amides is 1. The van der Waals surface area contributed by atoms with Gasteiger partial charge in [-0.1, -0.05) is 41.9 Å². The summed E-state index contributed by atoms with van der Waals surface area (Å²) >= 11 is 6.10. The summed E-state index contributed by atoms with van der Waals surface area (Å²) in [6.45, 7) is 6.35. The van der Waals surface area contributed by atoms with Crippen molar-refractivity contribution < 1.29 is 4.79 Å². The standard InChI is InChI=1S/C19H18ClN3O/c1-3-12-23-17-11-7-6-10-16(17)22-18(23)13(2)21-19(24)14-8-4-5-9-15(14)20/h3-11,13H,1,12H2,2H3,(H,21,24). The lowest BCUT2D eigenvalue weighted by Crippen LogP contribution is -2.28. The number of hydrogen-bond donors (Lipinski definition) is 1. The second-order valence-electron chi connectivity index (χ2n) is 5.53. The molecule has 0 saturated carbocycles. The molecule has 0 spiro atoms. The summed E-state index contributed by atoms with van der Waals surface area (Å²) in [5.74, 6) is 0.571. The number of rotatable bonds is 5. The number of carbonyl (C=O) groups excluding carboxylic acids is 1. The van der Waals surface area contributed by atoms with Crippen LogP contribution in [-0.4, -0.2) is 15.5 Å². The summed E-state index contributed by atoms with van der Waals surface area (Å²) in [6, 6.07) is 14.6. The molecular weight excluding hydrogens is 322 g/mol. The number of aromatic nitrogens is 2. The van der Waals surface area contributed by atoms with Crippen molar-refractivity contribution in [3.8, 4) is 0 Å². The van der Waals surface area contributed by atoms with Crippen LogP contribution in [-0.2, 0) is 6.54 Å². The van der Waals surface area contributed by atoms with E-state index >= 15 is 0 Å². The lowest BCUT2D eigenvalue weighted by Gasteiger charge is -2.16. The SMILES string of the molecule is C=CCn1c(C(C)NC(=O)c2ccccc2Cl)nc2ccccc21. The number of hydrogen-bond acceptors (Lipinski definition) is 2. The fourth-order valence-corrected chi connectivity index (χ4v) is 2.95. The minimum atomic E-state index is -0.263. The molecule has 0 radical (unpaired) electrons. The first-order valence-electron chi connectivity index (χ1n) is 7.73. The number of allylic oxidation sites excluding steroid dienone is 1. The van der Waals surface area contributed by atoms with E-state index in [2.05, 4.69) is 21.4 Å². The number of para-hydroxylation sites is 2. The van der Waals surface area contributed by atoms with Gasteiger partial charge >= 0.3 is 0 Å². The highest BCUT2D eigenvalue weighted by atomic mass is 35.5. The number of benzene rings is 2. The molecule has 1 aromatic heterocycles. The smallest absolute Gasteiger partial charge is 0.253 e. The third-order valence-corrected chi connectivity index (χ3v) is 4.18. The van der Waals surface area contributed by atoms with Crippen LogP contribution < -0.4 is 5.32 Å². The summed E-state index contributed by atoms with van der Waals surface area (Å²) in [4.78, 5) is 17.1. The van der Waals surface area contributed by atoms with Crippen molar-refractivity contribution in [1.29, 1.82) is 0 Å². The molecule has 1 N–H and O–H groups in total. The van der Waals surface area contributed by atoms with E-state index in [9.17, 15) is 4.79 Å². The molecule has 122 valence electrons. The number of carbonyl (C=O) groups is 1. The van der Waals surface area contributed by atoms with Crippen molar-refractivity contribution in [2.75, 3.05) is 0 Å². The summed E-state index contributed by atoms with van der Waals surface area (Å²) in [5.41, 5.74) is 2.37. The maximum Gasteiger partial charge on any atom is 0.253 e. The normalized spacial score (nSPS) is 12.1. The largest absolute Gasteiger partial charge is 0.342 e. The molecule has 4 nitrogen and oxygen atoms in total. The van der Waals surface area contributed by atoms with E-state index in [-0.39, 0.29) is 11.9 Å². The number of nitrogens with one attached hydrogen (secondary N) is 1. The number of nitrogens with zero attached hydrogens (tertiary/aromatic N) is 2. The lowest BCUT2D eigenvalue weighted by molar-refractivity contribution is 0.0938. The molecule has 0 fully saturated rings. The van der Waals surface area contributed by atoms with Gasteiger partial charge in [0.25, 0.3) is 5.91 Å². The quantitative estimate of drug-likeness (QED) is 0.702. The maximum absolute atomic E-state index is 12.5. The Hall–Kier alpha value is -2.59. The van der Waals surface area contributed by atoms with Gasteiger partial charge in [0.1, 0.15) is 5.82 Å². The highest BCUT2D eigenvalue weighted by Crippen LogP contribution is 2.22. The summed E-state index contributed by atoms with van der Waals surface area (Å²) < 4.78 is 2.06. The molecule has 0 saturated heterocycles. The first-order valence-corrected chi connectivity index (χ1v) is 8.11. The van der Waals surface area contributed by atoms with Crippen LogP contribution in [0.1, 0.15) is 29.1 Å². The zero-order valence-electron chi connectivity index (χ0n) is 13.4. The van der Waals surface area contributed by atoms with E-state index in [0.717, 1.165) is 16.9 Å². The summed E-state index contributed by atoms with van der Waals surface area (Å²) in [7, 11) is 0. The maximum atomic E-state index is 12.5. The van der Waals surface area contributed by atoms with Gasteiger partial charge in [0.15, 0.2) is 0 Å². The van der Waals surface area contributed by atoms with Gasteiger partial charge in [0.2, 0.25) is 0 Å². The van der Waals surface area contributed by atoms with Crippen LogP contribution in [0.2, 0.25) is 5.02 Å². The van der Waals surface area contributed by atoms with Crippen molar-refractivity contribution in [3.63, 3.8) is 0 Å². The van der Waals surface area contributed by atoms with Crippen LogP contribution >= 0.6 is 11.6 Å². The predicted molar refractivity (Wildman–Crippen MR) is 97.3 cm³/mol. The van der Waals surface area contributed by atoms with Crippen LogP contribution in [0.15, 0.2) is 61.2 Å². The molecule has 1 amide bonds. The fourth-order valence-electron chi connectivity index (χ4n) is 2.73. The van der Waals surface area contributed by atoms with Crippen molar-refractivity contribution in [2.45, 2.75) is 19.5 Å². The summed E-state index contributed by atoms with van der Waals surface area (Å²) in [6.07, 6.45) is 1.82. The topological polar surface area (TPSA) is 46.9 Å². The Morgan fingerprint density at radius 2 is 2.00 bits per heavy atom. The number of imidazole rings is 1. The van der Waals surface area contributed by atoms with Gasteiger partial charge in [-0.3, -0.25) is 4.79 Å².